The third-order valence-electron chi connectivity index (χ3n) is 5.36. The van der Waals surface area contributed by atoms with Crippen LogP contribution in [0.4, 0.5) is 0 Å². The zero-order chi connectivity index (χ0) is 18.1. The fraction of sp³-hybridized carbons (Fsp3) is 0.273. The summed E-state index contributed by atoms with van der Waals surface area (Å²) in [5.41, 5.74) is 3.10. The molecule has 0 spiro atoms. The summed E-state index contributed by atoms with van der Waals surface area (Å²) < 4.78 is 5.17. The van der Waals surface area contributed by atoms with Gasteiger partial charge in [0, 0.05) is 29.9 Å². The van der Waals surface area contributed by atoms with E-state index in [0.29, 0.717) is 19.3 Å². The van der Waals surface area contributed by atoms with Crippen LogP contribution in [0.25, 0.3) is 10.9 Å². The van der Waals surface area contributed by atoms with Crippen molar-refractivity contribution in [3.05, 3.63) is 65.9 Å². The van der Waals surface area contributed by atoms with Crippen LogP contribution in [-0.4, -0.2) is 23.7 Å². The first-order valence-corrected chi connectivity index (χ1v) is 8.90. The Balaban J connectivity index is 1.51. The smallest absolute Gasteiger partial charge is 0.144 e. The summed E-state index contributed by atoms with van der Waals surface area (Å²) in [5.74, 6) is 0.322. The second kappa shape index (κ2) is 6.79. The minimum absolute atomic E-state index is 0.0277. The maximum Gasteiger partial charge on any atom is 0.144 e. The van der Waals surface area contributed by atoms with Crippen LogP contribution in [0.15, 0.2) is 54.7 Å². The minimum atomic E-state index is -0.524. The fourth-order valence-electron chi connectivity index (χ4n) is 3.88. The number of nitrogens with one attached hydrogen (secondary N) is 1. The number of hydrogen-bond donors (Lipinski definition) is 1. The van der Waals surface area contributed by atoms with E-state index < -0.39 is 5.92 Å². The van der Waals surface area contributed by atoms with E-state index in [-0.39, 0.29) is 17.5 Å². The molecule has 4 rings (SSSR count). The number of ether oxygens (including phenoxy) is 1. The summed E-state index contributed by atoms with van der Waals surface area (Å²) in [6.07, 6.45) is 3.24. The molecule has 0 aliphatic heterocycles. The summed E-state index contributed by atoms with van der Waals surface area (Å²) in [4.78, 5) is 28.7. The molecule has 1 N–H and O–H groups in total. The predicted molar refractivity (Wildman–Crippen MR) is 100 cm³/mol. The van der Waals surface area contributed by atoms with Gasteiger partial charge < -0.3 is 9.72 Å². The Labute approximate surface area is 152 Å². The summed E-state index contributed by atoms with van der Waals surface area (Å²) in [5, 5.41) is 1.09. The average Bonchev–Trinajstić information content (AvgIpc) is 3.07. The van der Waals surface area contributed by atoms with Crippen molar-refractivity contribution < 1.29 is 14.3 Å². The molecular formula is C22H21NO3. The second-order valence-electron chi connectivity index (χ2n) is 6.93. The molecule has 1 fully saturated rings. The maximum absolute atomic E-state index is 12.7. The molecule has 0 saturated heterocycles. The van der Waals surface area contributed by atoms with Crippen LogP contribution >= 0.6 is 0 Å². The largest absolute Gasteiger partial charge is 0.497 e. The Bertz CT molecular complexity index is 937. The van der Waals surface area contributed by atoms with E-state index in [4.69, 9.17) is 4.74 Å². The number of methoxy groups -OCH3 is 1. The average molecular weight is 347 g/mol. The monoisotopic (exact) mass is 347 g/mol. The van der Waals surface area contributed by atoms with Gasteiger partial charge in [-0.25, -0.2) is 0 Å². The molecule has 1 saturated carbocycles. The van der Waals surface area contributed by atoms with Crippen LogP contribution in [0.5, 0.6) is 5.75 Å². The van der Waals surface area contributed by atoms with Gasteiger partial charge in [0.05, 0.1) is 13.0 Å². The molecule has 0 atom stereocenters. The first-order valence-electron chi connectivity index (χ1n) is 8.90. The van der Waals surface area contributed by atoms with Crippen LogP contribution in [-0.2, 0) is 16.0 Å². The summed E-state index contributed by atoms with van der Waals surface area (Å²) in [7, 11) is 1.62. The molecule has 1 aliphatic carbocycles. The lowest BCUT2D eigenvalue weighted by molar-refractivity contribution is -0.136. The van der Waals surface area contributed by atoms with Crippen molar-refractivity contribution in [2.24, 2.45) is 5.92 Å². The van der Waals surface area contributed by atoms with Crippen LogP contribution in [0.1, 0.15) is 29.9 Å². The standard InChI is InChI=1S/C22H21NO3/c1-26-17-8-6-14(7-9-17)15-11-21(24)19(22(25)12-15)10-16-13-23-20-5-3-2-4-18(16)20/h2-9,13,15,19,23H,10-12H2,1H3. The number of carbonyl (C=O) groups excluding carboxylic acids is 2. The number of hydrogen-bond acceptors (Lipinski definition) is 3. The third-order valence-corrected chi connectivity index (χ3v) is 5.36. The highest BCUT2D eigenvalue weighted by Crippen LogP contribution is 2.34. The maximum atomic E-state index is 12.7. The van der Waals surface area contributed by atoms with Crippen molar-refractivity contribution in [2.75, 3.05) is 7.11 Å². The molecule has 26 heavy (non-hydrogen) atoms. The first-order chi connectivity index (χ1) is 12.7. The van der Waals surface area contributed by atoms with Crippen molar-refractivity contribution in [3.63, 3.8) is 0 Å². The SMILES string of the molecule is COc1ccc(C2CC(=O)C(Cc3c[nH]c4ccccc34)C(=O)C2)cc1. The lowest BCUT2D eigenvalue weighted by Gasteiger charge is -2.26. The molecule has 0 bridgehead atoms. The van der Waals surface area contributed by atoms with Gasteiger partial charge in [-0.2, -0.15) is 0 Å². The summed E-state index contributed by atoms with van der Waals surface area (Å²) in [6.45, 7) is 0. The molecule has 132 valence electrons. The van der Waals surface area contributed by atoms with E-state index >= 15 is 0 Å². The van der Waals surface area contributed by atoms with Gasteiger partial charge in [0.2, 0.25) is 0 Å². The van der Waals surface area contributed by atoms with E-state index in [9.17, 15) is 9.59 Å². The molecule has 4 nitrogen and oxygen atoms in total. The van der Waals surface area contributed by atoms with Crippen LogP contribution in [0, 0.1) is 5.92 Å². The van der Waals surface area contributed by atoms with Crippen molar-refractivity contribution in [2.45, 2.75) is 25.2 Å². The van der Waals surface area contributed by atoms with Gasteiger partial charge in [-0.1, -0.05) is 30.3 Å². The molecule has 0 radical (unpaired) electrons. The van der Waals surface area contributed by atoms with Gasteiger partial charge in [0.15, 0.2) is 0 Å². The number of Topliss-reactive ketones (excluding diaryl/α,β-unsaturated/α-hetero) is 2. The van der Waals surface area contributed by atoms with E-state index in [2.05, 4.69) is 4.98 Å². The van der Waals surface area contributed by atoms with E-state index in [1.807, 2.05) is 54.7 Å². The highest BCUT2D eigenvalue weighted by molar-refractivity contribution is 6.06. The molecule has 3 aromatic rings. The molecule has 0 unspecified atom stereocenters. The number of aromatic amines is 1. The zero-order valence-electron chi connectivity index (χ0n) is 14.7. The normalized spacial score (nSPS) is 20.5. The number of benzene rings is 2. The minimum Gasteiger partial charge on any atom is -0.497 e. The fourth-order valence-corrected chi connectivity index (χ4v) is 3.88. The molecule has 0 amide bonds. The van der Waals surface area contributed by atoms with Crippen molar-refractivity contribution >= 4 is 22.5 Å². The van der Waals surface area contributed by atoms with Gasteiger partial charge in [0.25, 0.3) is 0 Å². The summed E-state index contributed by atoms with van der Waals surface area (Å²) >= 11 is 0. The van der Waals surface area contributed by atoms with E-state index in [0.717, 1.165) is 27.8 Å². The Kier molecular flexibility index (Phi) is 4.33. The number of H-pyrrole nitrogens is 1. The first kappa shape index (κ1) is 16.6. The Morgan fingerprint density at radius 2 is 1.69 bits per heavy atom. The highest BCUT2D eigenvalue weighted by Gasteiger charge is 2.36. The Morgan fingerprint density at radius 1 is 1.00 bits per heavy atom. The molecule has 1 aliphatic rings. The van der Waals surface area contributed by atoms with Crippen molar-refractivity contribution in [1.29, 1.82) is 0 Å². The van der Waals surface area contributed by atoms with Gasteiger partial charge in [-0.3, -0.25) is 9.59 Å². The number of para-hydroxylation sites is 1. The number of fused-ring (bicyclic) bond motifs is 1. The van der Waals surface area contributed by atoms with Gasteiger partial charge in [-0.15, -0.1) is 0 Å². The van der Waals surface area contributed by atoms with Crippen molar-refractivity contribution in [1.82, 2.24) is 4.98 Å². The molecular weight excluding hydrogens is 326 g/mol. The van der Waals surface area contributed by atoms with Gasteiger partial charge >= 0.3 is 0 Å². The molecule has 4 heteroatoms. The van der Waals surface area contributed by atoms with Crippen molar-refractivity contribution in [3.8, 4) is 5.75 Å². The summed E-state index contributed by atoms with van der Waals surface area (Å²) in [6, 6.07) is 15.6. The Morgan fingerprint density at radius 3 is 2.38 bits per heavy atom. The number of ketones is 2. The zero-order valence-corrected chi connectivity index (χ0v) is 14.7. The lowest BCUT2D eigenvalue weighted by atomic mass is 9.75. The van der Waals surface area contributed by atoms with Gasteiger partial charge in [0.1, 0.15) is 17.3 Å². The molecule has 1 aromatic heterocycles. The number of aromatic nitrogens is 1. The Hall–Kier alpha value is -2.88. The second-order valence-corrected chi connectivity index (χ2v) is 6.93. The van der Waals surface area contributed by atoms with Crippen LogP contribution in [0.3, 0.4) is 0 Å². The van der Waals surface area contributed by atoms with E-state index in [1.165, 1.54) is 0 Å². The van der Waals surface area contributed by atoms with E-state index in [1.54, 1.807) is 7.11 Å². The van der Waals surface area contributed by atoms with Crippen LogP contribution < -0.4 is 4.74 Å². The van der Waals surface area contributed by atoms with Gasteiger partial charge in [-0.05, 0) is 41.7 Å². The lowest BCUT2D eigenvalue weighted by Crippen LogP contribution is -2.34. The third kappa shape index (κ3) is 3.03. The van der Waals surface area contributed by atoms with Crippen LogP contribution in [0.2, 0.25) is 0 Å². The number of carbonyl (C=O) groups is 2. The predicted octanol–water partition coefficient (Wildman–Crippen LogP) is 4.05. The number of rotatable bonds is 4. The molecule has 2 aromatic carbocycles. The quantitative estimate of drug-likeness (QED) is 0.724. The molecule has 1 heterocycles. The highest BCUT2D eigenvalue weighted by atomic mass is 16.5. The topological polar surface area (TPSA) is 59.2 Å².